The molecular formula is C19H12ClNO2S. The summed E-state index contributed by atoms with van der Waals surface area (Å²) in [4.78, 5) is 15.3. The van der Waals surface area contributed by atoms with Crippen molar-refractivity contribution in [2.75, 3.05) is 0 Å². The van der Waals surface area contributed by atoms with Crippen LogP contribution in [0.25, 0.3) is 22.0 Å². The minimum absolute atomic E-state index is 0.155. The van der Waals surface area contributed by atoms with Gasteiger partial charge in [-0.1, -0.05) is 29.8 Å². The van der Waals surface area contributed by atoms with Crippen LogP contribution in [0.5, 0.6) is 11.5 Å². The van der Waals surface area contributed by atoms with Crippen LogP contribution in [0.2, 0.25) is 5.02 Å². The lowest BCUT2D eigenvalue weighted by molar-refractivity contribution is 0.485. The van der Waals surface area contributed by atoms with Crippen molar-refractivity contribution in [2.45, 2.75) is 0 Å². The van der Waals surface area contributed by atoms with Crippen LogP contribution >= 0.6 is 22.9 Å². The molecule has 4 aromatic rings. The fourth-order valence-corrected chi connectivity index (χ4v) is 3.29. The first kappa shape index (κ1) is 15.0. The van der Waals surface area contributed by atoms with Crippen molar-refractivity contribution in [3.63, 3.8) is 0 Å². The maximum atomic E-state index is 12.4. The molecule has 0 aliphatic rings. The van der Waals surface area contributed by atoms with E-state index in [1.54, 1.807) is 17.4 Å². The van der Waals surface area contributed by atoms with Gasteiger partial charge in [-0.25, -0.2) is 0 Å². The number of nitrogens with one attached hydrogen (secondary N) is 1. The molecule has 0 saturated heterocycles. The summed E-state index contributed by atoms with van der Waals surface area (Å²) in [5, 5.41) is 5.41. The zero-order chi connectivity index (χ0) is 16.5. The fraction of sp³-hybridized carbons (Fsp3) is 0. The van der Waals surface area contributed by atoms with Crippen LogP contribution in [0.1, 0.15) is 0 Å². The molecule has 4 rings (SSSR count). The molecule has 0 radical (unpaired) electrons. The molecule has 2 aromatic carbocycles. The third-order valence-corrected chi connectivity index (χ3v) is 4.58. The standard InChI is InChI=1S/C19H12ClNO2S/c20-14-5-4-13-9-17(19(22)21-18(13)10-14)12-2-1-3-15(8-12)23-16-6-7-24-11-16/h1-11H,(H,21,22). The average molecular weight is 354 g/mol. The monoisotopic (exact) mass is 353 g/mol. The summed E-state index contributed by atoms with van der Waals surface area (Å²) >= 11 is 7.55. The first-order valence-corrected chi connectivity index (χ1v) is 8.64. The first-order chi connectivity index (χ1) is 11.7. The number of benzene rings is 2. The van der Waals surface area contributed by atoms with E-state index in [-0.39, 0.29) is 5.56 Å². The van der Waals surface area contributed by atoms with Gasteiger partial charge in [0.2, 0.25) is 0 Å². The topological polar surface area (TPSA) is 42.1 Å². The number of hydrogen-bond donors (Lipinski definition) is 1. The predicted octanol–water partition coefficient (Wildman–Crippen LogP) is 5.70. The number of pyridine rings is 1. The molecule has 0 fully saturated rings. The summed E-state index contributed by atoms with van der Waals surface area (Å²) in [6.45, 7) is 0. The SMILES string of the molecule is O=c1[nH]c2cc(Cl)ccc2cc1-c1cccc(Oc2ccsc2)c1. The number of halogens is 1. The molecule has 24 heavy (non-hydrogen) atoms. The lowest BCUT2D eigenvalue weighted by Crippen LogP contribution is -2.08. The summed E-state index contributed by atoms with van der Waals surface area (Å²) in [5.74, 6) is 1.49. The molecular weight excluding hydrogens is 342 g/mol. The van der Waals surface area contributed by atoms with Gasteiger partial charge in [0.05, 0.1) is 0 Å². The quantitative estimate of drug-likeness (QED) is 0.513. The minimum Gasteiger partial charge on any atom is -0.456 e. The number of fused-ring (bicyclic) bond motifs is 1. The van der Waals surface area contributed by atoms with Crippen molar-refractivity contribution >= 4 is 33.8 Å². The zero-order valence-corrected chi connectivity index (χ0v) is 14.0. The van der Waals surface area contributed by atoms with E-state index in [2.05, 4.69) is 4.98 Å². The number of thiophene rings is 1. The number of hydrogen-bond acceptors (Lipinski definition) is 3. The van der Waals surface area contributed by atoms with Crippen molar-refractivity contribution in [3.05, 3.63) is 80.7 Å². The molecule has 0 amide bonds. The van der Waals surface area contributed by atoms with E-state index in [1.807, 2.05) is 59.3 Å². The highest BCUT2D eigenvalue weighted by Gasteiger charge is 2.08. The van der Waals surface area contributed by atoms with Gasteiger partial charge in [-0.3, -0.25) is 4.79 Å². The summed E-state index contributed by atoms with van der Waals surface area (Å²) in [6, 6.07) is 16.7. The van der Waals surface area contributed by atoms with Gasteiger partial charge in [-0.05, 0) is 52.7 Å². The molecule has 2 heterocycles. The number of H-pyrrole nitrogens is 1. The summed E-state index contributed by atoms with van der Waals surface area (Å²) < 4.78 is 5.80. The van der Waals surface area contributed by atoms with E-state index in [0.717, 1.165) is 22.2 Å². The van der Waals surface area contributed by atoms with E-state index >= 15 is 0 Å². The molecule has 0 unspecified atom stereocenters. The van der Waals surface area contributed by atoms with Crippen LogP contribution in [0.15, 0.2) is 70.2 Å². The molecule has 0 saturated carbocycles. The van der Waals surface area contributed by atoms with E-state index in [0.29, 0.717) is 16.3 Å². The van der Waals surface area contributed by atoms with E-state index in [1.165, 1.54) is 0 Å². The maximum Gasteiger partial charge on any atom is 0.256 e. The lowest BCUT2D eigenvalue weighted by Gasteiger charge is -2.07. The molecule has 1 N–H and O–H groups in total. The Bertz CT molecular complexity index is 1070. The number of aromatic amines is 1. The summed E-state index contributed by atoms with van der Waals surface area (Å²) in [6.07, 6.45) is 0. The summed E-state index contributed by atoms with van der Waals surface area (Å²) in [5.41, 5.74) is 1.97. The van der Waals surface area contributed by atoms with Crippen molar-refractivity contribution in [1.29, 1.82) is 0 Å². The lowest BCUT2D eigenvalue weighted by atomic mass is 10.0. The van der Waals surface area contributed by atoms with E-state index in [9.17, 15) is 4.79 Å². The minimum atomic E-state index is -0.155. The summed E-state index contributed by atoms with van der Waals surface area (Å²) in [7, 11) is 0. The zero-order valence-electron chi connectivity index (χ0n) is 12.5. The van der Waals surface area contributed by atoms with Gasteiger partial charge in [0, 0.05) is 21.5 Å². The van der Waals surface area contributed by atoms with E-state index < -0.39 is 0 Å². The molecule has 3 nitrogen and oxygen atoms in total. The Morgan fingerprint density at radius 2 is 1.92 bits per heavy atom. The van der Waals surface area contributed by atoms with Crippen LogP contribution in [-0.2, 0) is 0 Å². The Morgan fingerprint density at radius 3 is 2.75 bits per heavy atom. The molecule has 0 atom stereocenters. The third-order valence-electron chi connectivity index (χ3n) is 3.68. The molecule has 0 spiro atoms. The van der Waals surface area contributed by atoms with Crippen LogP contribution < -0.4 is 10.3 Å². The predicted molar refractivity (Wildman–Crippen MR) is 99.4 cm³/mol. The Kier molecular flexibility index (Phi) is 3.84. The normalized spacial score (nSPS) is 10.9. The highest BCUT2D eigenvalue weighted by molar-refractivity contribution is 7.08. The van der Waals surface area contributed by atoms with Crippen LogP contribution in [0.4, 0.5) is 0 Å². The second-order valence-electron chi connectivity index (χ2n) is 5.33. The maximum absolute atomic E-state index is 12.4. The van der Waals surface area contributed by atoms with Gasteiger partial charge in [-0.2, -0.15) is 0 Å². The highest BCUT2D eigenvalue weighted by atomic mass is 35.5. The Labute approximate surface area is 147 Å². The van der Waals surface area contributed by atoms with Crippen molar-refractivity contribution in [2.24, 2.45) is 0 Å². The molecule has 0 bridgehead atoms. The van der Waals surface area contributed by atoms with Crippen molar-refractivity contribution in [3.8, 4) is 22.6 Å². The largest absolute Gasteiger partial charge is 0.456 e. The number of ether oxygens (including phenoxy) is 1. The Balaban J connectivity index is 1.78. The number of rotatable bonds is 3. The van der Waals surface area contributed by atoms with Crippen molar-refractivity contribution in [1.82, 2.24) is 4.98 Å². The van der Waals surface area contributed by atoms with Crippen molar-refractivity contribution < 1.29 is 4.74 Å². The van der Waals surface area contributed by atoms with Crippen LogP contribution in [-0.4, -0.2) is 4.98 Å². The Hall–Kier alpha value is -2.56. The van der Waals surface area contributed by atoms with Gasteiger partial charge >= 0.3 is 0 Å². The van der Waals surface area contributed by atoms with Crippen LogP contribution in [0, 0.1) is 0 Å². The van der Waals surface area contributed by atoms with E-state index in [4.69, 9.17) is 16.3 Å². The molecule has 118 valence electrons. The van der Waals surface area contributed by atoms with Gasteiger partial charge in [0.1, 0.15) is 11.5 Å². The van der Waals surface area contributed by atoms with Gasteiger partial charge in [0.15, 0.2) is 0 Å². The molecule has 0 aliphatic heterocycles. The smallest absolute Gasteiger partial charge is 0.256 e. The average Bonchev–Trinajstić information content (AvgIpc) is 3.07. The molecule has 0 aliphatic carbocycles. The fourth-order valence-electron chi connectivity index (χ4n) is 2.56. The van der Waals surface area contributed by atoms with Gasteiger partial charge < -0.3 is 9.72 Å². The highest BCUT2D eigenvalue weighted by Crippen LogP contribution is 2.28. The van der Waals surface area contributed by atoms with Gasteiger partial charge in [-0.15, -0.1) is 11.3 Å². The Morgan fingerprint density at radius 1 is 1.00 bits per heavy atom. The second-order valence-corrected chi connectivity index (χ2v) is 6.55. The third kappa shape index (κ3) is 2.94. The number of aromatic nitrogens is 1. The van der Waals surface area contributed by atoms with Gasteiger partial charge in [0.25, 0.3) is 5.56 Å². The van der Waals surface area contributed by atoms with Crippen LogP contribution in [0.3, 0.4) is 0 Å². The molecule has 5 heteroatoms. The molecule has 2 aromatic heterocycles. The second kappa shape index (κ2) is 6.15. The first-order valence-electron chi connectivity index (χ1n) is 7.32.